The molecule has 0 amide bonds. The molecule has 1 rings (SSSR count). The Hall–Kier alpha value is -1.52. The third-order valence-electron chi connectivity index (χ3n) is 2.54. The maximum absolute atomic E-state index is 13.0. The Balaban J connectivity index is 3.24. The first-order chi connectivity index (χ1) is 8.41. The number of hydrogen-bond donors (Lipinski definition) is 0. The topological polar surface area (TPSA) is 15.6 Å². The van der Waals surface area contributed by atoms with Gasteiger partial charge in [-0.1, -0.05) is 18.2 Å². The van der Waals surface area contributed by atoms with Crippen LogP contribution in [0.2, 0.25) is 0 Å². The first-order valence-electron chi connectivity index (χ1n) is 5.86. The van der Waals surface area contributed by atoms with Gasteiger partial charge in [-0.25, -0.2) is 0 Å². The number of nitrogens with zero attached hydrogens (tertiary/aromatic N) is 2. The molecule has 5 heteroatoms. The van der Waals surface area contributed by atoms with Crippen LogP contribution in [0.15, 0.2) is 29.3 Å². The molecule has 100 valence electrons. The van der Waals surface area contributed by atoms with Gasteiger partial charge in [-0.2, -0.15) is 13.2 Å². The van der Waals surface area contributed by atoms with Crippen molar-refractivity contribution in [3.63, 3.8) is 0 Å². The van der Waals surface area contributed by atoms with Crippen LogP contribution in [0.3, 0.4) is 0 Å². The second-order valence-corrected chi connectivity index (χ2v) is 3.83. The molecule has 1 aromatic carbocycles. The maximum atomic E-state index is 13.0. The summed E-state index contributed by atoms with van der Waals surface area (Å²) in [6.45, 7) is 5.40. The fraction of sp³-hybridized carbons (Fsp3) is 0.462. The predicted octanol–water partition coefficient (Wildman–Crippen LogP) is 3.80. The van der Waals surface area contributed by atoms with Crippen LogP contribution in [0.25, 0.3) is 0 Å². The Morgan fingerprint density at radius 2 is 1.83 bits per heavy atom. The number of para-hydroxylation sites is 1. The van der Waals surface area contributed by atoms with E-state index in [0.29, 0.717) is 5.69 Å². The third kappa shape index (κ3) is 3.24. The molecule has 0 aliphatic rings. The molecule has 0 aliphatic carbocycles. The van der Waals surface area contributed by atoms with Gasteiger partial charge in [0.1, 0.15) is 0 Å². The number of aryl methyl sites for hydroxylation is 1. The summed E-state index contributed by atoms with van der Waals surface area (Å²) in [6.07, 6.45) is -4.44. The van der Waals surface area contributed by atoms with Crippen molar-refractivity contribution in [3.8, 4) is 0 Å². The number of benzene rings is 1. The number of aliphatic imine (C=N–C) groups is 1. The fourth-order valence-electron chi connectivity index (χ4n) is 1.78. The van der Waals surface area contributed by atoms with Gasteiger partial charge in [0.15, 0.2) is 0 Å². The monoisotopic (exact) mass is 258 g/mol. The minimum Gasteiger partial charge on any atom is -0.323 e. The number of halogens is 3. The third-order valence-corrected chi connectivity index (χ3v) is 2.54. The summed E-state index contributed by atoms with van der Waals surface area (Å²) >= 11 is 0. The average molecular weight is 258 g/mol. The van der Waals surface area contributed by atoms with Gasteiger partial charge < -0.3 is 4.90 Å². The van der Waals surface area contributed by atoms with Crippen LogP contribution in [0.5, 0.6) is 0 Å². The number of rotatable bonds is 3. The van der Waals surface area contributed by atoms with Crippen LogP contribution < -0.4 is 4.90 Å². The molecule has 0 saturated heterocycles. The molecule has 0 bridgehead atoms. The number of amidine groups is 1. The molecule has 0 N–H and O–H groups in total. The second-order valence-electron chi connectivity index (χ2n) is 3.83. The van der Waals surface area contributed by atoms with Gasteiger partial charge in [-0.15, -0.1) is 0 Å². The first-order valence-corrected chi connectivity index (χ1v) is 5.86. The van der Waals surface area contributed by atoms with Crippen molar-refractivity contribution < 1.29 is 13.2 Å². The average Bonchev–Trinajstić information content (AvgIpc) is 2.30. The molecule has 18 heavy (non-hydrogen) atoms. The predicted molar refractivity (Wildman–Crippen MR) is 68.2 cm³/mol. The molecule has 0 fully saturated rings. The lowest BCUT2D eigenvalue weighted by molar-refractivity contribution is -0.0603. The summed E-state index contributed by atoms with van der Waals surface area (Å²) < 4.78 is 39.0. The quantitative estimate of drug-likeness (QED) is 0.594. The van der Waals surface area contributed by atoms with Gasteiger partial charge >= 0.3 is 6.18 Å². The van der Waals surface area contributed by atoms with Crippen molar-refractivity contribution in [2.75, 3.05) is 18.0 Å². The van der Waals surface area contributed by atoms with E-state index in [4.69, 9.17) is 0 Å². The SMILES string of the molecule is CCN=C(N(CC)c1ccccc1C)C(F)(F)F. The van der Waals surface area contributed by atoms with Gasteiger partial charge in [-0.05, 0) is 32.4 Å². The first kappa shape index (κ1) is 14.5. The van der Waals surface area contributed by atoms with Gasteiger partial charge in [0, 0.05) is 18.8 Å². The molecule has 0 spiro atoms. The van der Waals surface area contributed by atoms with Gasteiger partial charge in [0.2, 0.25) is 5.84 Å². The lowest BCUT2D eigenvalue weighted by Crippen LogP contribution is -2.42. The lowest BCUT2D eigenvalue weighted by atomic mass is 10.1. The summed E-state index contributed by atoms with van der Waals surface area (Å²) in [4.78, 5) is 4.81. The molecule has 0 aromatic heterocycles. The summed E-state index contributed by atoms with van der Waals surface area (Å²) in [7, 11) is 0. The minimum absolute atomic E-state index is 0.108. The van der Waals surface area contributed by atoms with Gasteiger partial charge in [0.25, 0.3) is 0 Å². The van der Waals surface area contributed by atoms with E-state index in [9.17, 15) is 13.2 Å². The summed E-state index contributed by atoms with van der Waals surface area (Å²) in [5.74, 6) is -0.832. The van der Waals surface area contributed by atoms with Crippen LogP contribution in [-0.2, 0) is 0 Å². The fourth-order valence-corrected chi connectivity index (χ4v) is 1.78. The van der Waals surface area contributed by atoms with E-state index in [1.165, 1.54) is 4.90 Å². The Kier molecular flexibility index (Phi) is 4.76. The Morgan fingerprint density at radius 3 is 2.28 bits per heavy atom. The van der Waals surface area contributed by atoms with Crippen molar-refractivity contribution >= 4 is 11.5 Å². The van der Waals surface area contributed by atoms with Crippen molar-refractivity contribution in [2.45, 2.75) is 26.9 Å². The molecule has 0 aliphatic heterocycles. The van der Waals surface area contributed by atoms with Crippen LogP contribution in [-0.4, -0.2) is 25.1 Å². The Labute approximate surface area is 105 Å². The molecule has 2 nitrogen and oxygen atoms in total. The summed E-state index contributed by atoms with van der Waals surface area (Å²) in [5, 5.41) is 0. The second kappa shape index (κ2) is 5.89. The van der Waals surface area contributed by atoms with Crippen molar-refractivity contribution in [2.24, 2.45) is 4.99 Å². The largest absolute Gasteiger partial charge is 0.449 e. The molecule has 0 radical (unpaired) electrons. The molecule has 0 unspecified atom stereocenters. The zero-order valence-electron chi connectivity index (χ0n) is 10.8. The highest BCUT2D eigenvalue weighted by Gasteiger charge is 2.39. The van der Waals surface area contributed by atoms with Crippen LogP contribution in [0.1, 0.15) is 19.4 Å². The van der Waals surface area contributed by atoms with E-state index in [-0.39, 0.29) is 13.1 Å². The normalized spacial score (nSPS) is 12.7. The van der Waals surface area contributed by atoms with Crippen molar-refractivity contribution in [1.29, 1.82) is 0 Å². The van der Waals surface area contributed by atoms with E-state index < -0.39 is 12.0 Å². The summed E-state index contributed by atoms with van der Waals surface area (Å²) in [5.41, 5.74) is 1.34. The number of alkyl halides is 3. The molecular formula is C13H17F3N2. The highest BCUT2D eigenvalue weighted by Crippen LogP contribution is 2.27. The minimum atomic E-state index is -4.44. The zero-order chi connectivity index (χ0) is 13.8. The van der Waals surface area contributed by atoms with E-state index in [1.54, 1.807) is 45.0 Å². The van der Waals surface area contributed by atoms with Gasteiger partial charge in [0.05, 0.1) is 0 Å². The lowest BCUT2D eigenvalue weighted by Gasteiger charge is -2.27. The standard InChI is InChI=1S/C13H17F3N2/c1-4-17-12(13(14,15)16)18(5-2)11-9-7-6-8-10(11)3/h6-9H,4-5H2,1-3H3. The van der Waals surface area contributed by atoms with E-state index in [2.05, 4.69) is 4.99 Å². The van der Waals surface area contributed by atoms with Crippen molar-refractivity contribution in [1.82, 2.24) is 0 Å². The molecular weight excluding hydrogens is 241 g/mol. The molecule has 0 atom stereocenters. The van der Waals surface area contributed by atoms with E-state index in [1.807, 2.05) is 0 Å². The Bertz CT molecular complexity index is 424. The molecule has 0 heterocycles. The van der Waals surface area contributed by atoms with Crippen molar-refractivity contribution in [3.05, 3.63) is 29.8 Å². The maximum Gasteiger partial charge on any atom is 0.449 e. The summed E-state index contributed by atoms with van der Waals surface area (Å²) in [6, 6.07) is 7.00. The van der Waals surface area contributed by atoms with Gasteiger partial charge in [-0.3, -0.25) is 4.99 Å². The Morgan fingerprint density at radius 1 is 1.22 bits per heavy atom. The highest BCUT2D eigenvalue weighted by molar-refractivity contribution is 6.02. The smallest absolute Gasteiger partial charge is 0.323 e. The van der Waals surface area contributed by atoms with E-state index >= 15 is 0 Å². The van der Waals surface area contributed by atoms with Crippen LogP contribution in [0.4, 0.5) is 18.9 Å². The zero-order valence-corrected chi connectivity index (χ0v) is 10.8. The number of hydrogen-bond acceptors (Lipinski definition) is 1. The van der Waals surface area contributed by atoms with Crippen LogP contribution >= 0.6 is 0 Å². The number of anilines is 1. The molecule has 0 saturated carbocycles. The highest BCUT2D eigenvalue weighted by atomic mass is 19.4. The van der Waals surface area contributed by atoms with Crippen LogP contribution in [0, 0.1) is 6.92 Å². The molecule has 1 aromatic rings. The van der Waals surface area contributed by atoms with E-state index in [0.717, 1.165) is 5.56 Å².